The van der Waals surface area contributed by atoms with Crippen LogP contribution < -0.4 is 0 Å². The third-order valence-corrected chi connectivity index (χ3v) is 2.51. The summed E-state index contributed by atoms with van der Waals surface area (Å²) in [7, 11) is 0. The zero-order chi connectivity index (χ0) is 9.10. The van der Waals surface area contributed by atoms with E-state index in [1.54, 1.807) is 17.3 Å². The zero-order valence-electron chi connectivity index (χ0n) is 7.85. The Morgan fingerprint density at radius 3 is 2.54 bits per heavy atom. The summed E-state index contributed by atoms with van der Waals surface area (Å²) < 4.78 is 1.69. The lowest BCUT2D eigenvalue weighted by molar-refractivity contribution is 0.481. The molecule has 2 rings (SSSR count). The number of hydrogen-bond donors (Lipinski definition) is 0. The van der Waals surface area contributed by atoms with Crippen molar-refractivity contribution in [2.24, 2.45) is 11.0 Å². The van der Waals surface area contributed by atoms with Crippen LogP contribution >= 0.6 is 0 Å². The van der Waals surface area contributed by atoms with Crippen molar-refractivity contribution in [3.63, 3.8) is 0 Å². The molecule has 0 radical (unpaired) electrons. The molecule has 0 aromatic carbocycles. The molecular formula is C9H14N4. The van der Waals surface area contributed by atoms with Crippen LogP contribution in [0.1, 0.15) is 32.6 Å². The highest BCUT2D eigenvalue weighted by Gasteiger charge is 2.13. The van der Waals surface area contributed by atoms with E-state index >= 15 is 0 Å². The fourth-order valence-electron chi connectivity index (χ4n) is 1.61. The minimum atomic E-state index is 0.861. The van der Waals surface area contributed by atoms with Gasteiger partial charge in [-0.25, -0.2) is 4.68 Å². The predicted molar refractivity (Wildman–Crippen MR) is 50.5 cm³/mol. The van der Waals surface area contributed by atoms with Crippen LogP contribution in [0.2, 0.25) is 0 Å². The third kappa shape index (κ3) is 2.14. The summed E-state index contributed by atoms with van der Waals surface area (Å²) in [5.74, 6) is 0.861. The van der Waals surface area contributed by atoms with E-state index in [2.05, 4.69) is 22.2 Å². The van der Waals surface area contributed by atoms with E-state index in [0.717, 1.165) is 18.8 Å². The molecule has 70 valence electrons. The summed E-state index contributed by atoms with van der Waals surface area (Å²) in [4.78, 5) is 0. The van der Waals surface area contributed by atoms with Gasteiger partial charge in [-0.05, 0) is 31.6 Å². The molecule has 0 aliphatic heterocycles. The van der Waals surface area contributed by atoms with Crippen molar-refractivity contribution >= 4 is 5.71 Å². The Hall–Kier alpha value is -1.19. The molecule has 0 N–H and O–H groups in total. The number of nitrogens with zero attached hydrogens (tertiary/aromatic N) is 4. The Labute approximate surface area is 77.7 Å². The first-order valence-electron chi connectivity index (χ1n) is 4.76. The van der Waals surface area contributed by atoms with Gasteiger partial charge in [0, 0.05) is 5.71 Å². The molecule has 1 fully saturated rings. The monoisotopic (exact) mass is 178 g/mol. The first-order chi connectivity index (χ1) is 6.34. The van der Waals surface area contributed by atoms with Crippen LogP contribution in [-0.4, -0.2) is 20.6 Å². The molecule has 1 aliphatic rings. The molecule has 0 amide bonds. The first-order valence-corrected chi connectivity index (χ1v) is 4.76. The van der Waals surface area contributed by atoms with Gasteiger partial charge in [-0.1, -0.05) is 6.92 Å². The molecule has 0 spiro atoms. The summed E-state index contributed by atoms with van der Waals surface area (Å²) in [5.41, 5.74) is 1.28. The number of aromatic nitrogens is 3. The lowest BCUT2D eigenvalue weighted by atomic mass is 9.90. The summed E-state index contributed by atoms with van der Waals surface area (Å²) in [6.45, 7) is 2.30. The molecule has 0 saturated heterocycles. The second-order valence-electron chi connectivity index (χ2n) is 3.69. The highest BCUT2D eigenvalue weighted by Crippen LogP contribution is 2.21. The standard InChI is InChI=1S/C9H14N4/c1-8-2-4-9(5-3-8)12-13-6-10-11-7-13/h6-8H,2-5H2,1H3. The van der Waals surface area contributed by atoms with Crippen LogP contribution in [0, 0.1) is 5.92 Å². The minimum Gasteiger partial charge on any atom is -0.208 e. The van der Waals surface area contributed by atoms with Gasteiger partial charge in [0.05, 0.1) is 0 Å². The maximum Gasteiger partial charge on any atom is 0.141 e. The minimum absolute atomic E-state index is 0.861. The fraction of sp³-hybridized carbons (Fsp3) is 0.667. The lowest BCUT2D eigenvalue weighted by Gasteiger charge is -2.18. The summed E-state index contributed by atoms with van der Waals surface area (Å²) >= 11 is 0. The van der Waals surface area contributed by atoms with Crippen LogP contribution in [0.5, 0.6) is 0 Å². The molecule has 13 heavy (non-hydrogen) atoms. The molecule has 1 heterocycles. The summed E-state index contributed by atoms with van der Waals surface area (Å²) in [5, 5.41) is 11.8. The van der Waals surface area contributed by atoms with Gasteiger partial charge in [-0.2, -0.15) is 5.10 Å². The predicted octanol–water partition coefficient (Wildman–Crippen LogP) is 1.69. The van der Waals surface area contributed by atoms with Crippen LogP contribution in [0.25, 0.3) is 0 Å². The zero-order valence-corrected chi connectivity index (χ0v) is 7.85. The van der Waals surface area contributed by atoms with Crippen molar-refractivity contribution < 1.29 is 0 Å². The maximum atomic E-state index is 4.42. The van der Waals surface area contributed by atoms with E-state index in [1.165, 1.54) is 18.6 Å². The van der Waals surface area contributed by atoms with E-state index < -0.39 is 0 Å². The molecular weight excluding hydrogens is 164 g/mol. The van der Waals surface area contributed by atoms with E-state index in [4.69, 9.17) is 0 Å². The first kappa shape index (κ1) is 8.41. The largest absolute Gasteiger partial charge is 0.208 e. The molecule has 0 bridgehead atoms. The van der Waals surface area contributed by atoms with E-state index in [1.807, 2.05) is 0 Å². The van der Waals surface area contributed by atoms with Crippen LogP contribution in [0.15, 0.2) is 17.8 Å². The van der Waals surface area contributed by atoms with Crippen LogP contribution in [0.4, 0.5) is 0 Å². The van der Waals surface area contributed by atoms with E-state index in [9.17, 15) is 0 Å². The quantitative estimate of drug-likeness (QED) is 0.656. The van der Waals surface area contributed by atoms with Crippen LogP contribution in [0.3, 0.4) is 0 Å². The lowest BCUT2D eigenvalue weighted by Crippen LogP contribution is -2.12. The highest BCUT2D eigenvalue weighted by molar-refractivity contribution is 5.84. The average Bonchev–Trinajstić information content (AvgIpc) is 2.62. The van der Waals surface area contributed by atoms with Crippen molar-refractivity contribution in [2.75, 3.05) is 0 Å². The average molecular weight is 178 g/mol. The maximum absolute atomic E-state index is 4.42. The number of rotatable bonds is 1. The Bertz CT molecular complexity index is 279. The smallest absolute Gasteiger partial charge is 0.141 e. The molecule has 1 aromatic heterocycles. The van der Waals surface area contributed by atoms with Gasteiger partial charge in [0.1, 0.15) is 12.7 Å². The van der Waals surface area contributed by atoms with Gasteiger partial charge in [0.15, 0.2) is 0 Å². The Morgan fingerprint density at radius 1 is 1.31 bits per heavy atom. The molecule has 0 unspecified atom stereocenters. The van der Waals surface area contributed by atoms with Gasteiger partial charge in [0.25, 0.3) is 0 Å². The van der Waals surface area contributed by atoms with E-state index in [-0.39, 0.29) is 0 Å². The molecule has 4 nitrogen and oxygen atoms in total. The molecule has 1 saturated carbocycles. The third-order valence-electron chi connectivity index (χ3n) is 2.51. The van der Waals surface area contributed by atoms with Gasteiger partial charge in [0.2, 0.25) is 0 Å². The summed E-state index contributed by atoms with van der Waals surface area (Å²) in [6.07, 6.45) is 8.04. The Balaban J connectivity index is 2.02. The van der Waals surface area contributed by atoms with Crippen molar-refractivity contribution in [1.82, 2.24) is 14.9 Å². The topological polar surface area (TPSA) is 43.1 Å². The number of hydrogen-bond acceptors (Lipinski definition) is 3. The highest BCUT2D eigenvalue weighted by atomic mass is 15.4. The Morgan fingerprint density at radius 2 is 1.92 bits per heavy atom. The molecule has 1 aliphatic carbocycles. The second-order valence-corrected chi connectivity index (χ2v) is 3.69. The van der Waals surface area contributed by atoms with Crippen molar-refractivity contribution in [2.45, 2.75) is 32.6 Å². The molecule has 0 atom stereocenters. The van der Waals surface area contributed by atoms with Gasteiger partial charge in [-0.15, -0.1) is 10.2 Å². The fourth-order valence-corrected chi connectivity index (χ4v) is 1.61. The molecule has 4 heteroatoms. The SMILES string of the molecule is CC1CCC(=Nn2cnnc2)CC1. The normalized spacial score (nSPS) is 23.2. The van der Waals surface area contributed by atoms with Gasteiger partial charge >= 0.3 is 0 Å². The van der Waals surface area contributed by atoms with Crippen molar-refractivity contribution in [3.8, 4) is 0 Å². The summed E-state index contributed by atoms with van der Waals surface area (Å²) in [6, 6.07) is 0. The van der Waals surface area contributed by atoms with Crippen molar-refractivity contribution in [1.29, 1.82) is 0 Å². The Kier molecular flexibility index (Phi) is 2.38. The van der Waals surface area contributed by atoms with Gasteiger partial charge in [-0.3, -0.25) is 0 Å². The van der Waals surface area contributed by atoms with Gasteiger partial charge < -0.3 is 0 Å². The van der Waals surface area contributed by atoms with E-state index in [0.29, 0.717) is 0 Å². The molecule has 1 aromatic rings. The van der Waals surface area contributed by atoms with Crippen LogP contribution in [-0.2, 0) is 0 Å². The second kappa shape index (κ2) is 3.68. The van der Waals surface area contributed by atoms with Crippen molar-refractivity contribution in [3.05, 3.63) is 12.7 Å².